The highest BCUT2D eigenvalue weighted by Crippen LogP contribution is 2.17. The van der Waals surface area contributed by atoms with Crippen LogP contribution in [0, 0.1) is 0 Å². The summed E-state index contributed by atoms with van der Waals surface area (Å²) in [6.45, 7) is 5.27. The number of aromatic nitrogens is 1. The van der Waals surface area contributed by atoms with E-state index >= 15 is 0 Å². The summed E-state index contributed by atoms with van der Waals surface area (Å²) in [5.41, 5.74) is 0. The predicted octanol–water partition coefficient (Wildman–Crippen LogP) is 2.52. The molecular formula is C10H14N2OS2. The van der Waals surface area contributed by atoms with Gasteiger partial charge in [-0.1, -0.05) is 18.3 Å². The minimum absolute atomic E-state index is 0.513. The zero-order valence-corrected chi connectivity index (χ0v) is 10.5. The van der Waals surface area contributed by atoms with Crippen molar-refractivity contribution < 1.29 is 4.74 Å². The highest BCUT2D eigenvalue weighted by molar-refractivity contribution is 8.11. The van der Waals surface area contributed by atoms with Crippen LogP contribution in [0.4, 0.5) is 5.82 Å². The maximum Gasteiger partial charge on any atom is 0.215 e. The van der Waals surface area contributed by atoms with Crippen molar-refractivity contribution in [2.45, 2.75) is 13.8 Å². The molecule has 0 N–H and O–H groups in total. The summed E-state index contributed by atoms with van der Waals surface area (Å²) in [4.78, 5) is 6.16. The van der Waals surface area contributed by atoms with Gasteiger partial charge >= 0.3 is 0 Å². The Hall–Kier alpha value is -0.810. The number of ether oxygens (including phenoxy) is 1. The Balaban J connectivity index is 2.92. The summed E-state index contributed by atoms with van der Waals surface area (Å²) < 4.78 is 5.83. The molecule has 0 unspecified atom stereocenters. The van der Waals surface area contributed by atoms with E-state index in [1.54, 1.807) is 0 Å². The molecule has 15 heavy (non-hydrogen) atoms. The molecule has 0 aliphatic rings. The normalized spacial score (nSPS) is 9.80. The lowest BCUT2D eigenvalue weighted by atomic mass is 10.4. The second-order valence-corrected chi connectivity index (χ2v) is 3.91. The average Bonchev–Trinajstić information content (AvgIpc) is 2.19. The minimum atomic E-state index is 0.513. The molecular weight excluding hydrogens is 228 g/mol. The summed E-state index contributed by atoms with van der Waals surface area (Å²) >= 11 is 9.16. The molecule has 82 valence electrons. The lowest BCUT2D eigenvalue weighted by molar-refractivity contribution is 0.327. The highest BCUT2D eigenvalue weighted by Gasteiger charge is 2.08. The summed E-state index contributed by atoms with van der Waals surface area (Å²) in [7, 11) is 0. The number of pyridine rings is 1. The minimum Gasteiger partial charge on any atom is -0.478 e. The fraction of sp³-hybridized carbons (Fsp3) is 0.400. The Morgan fingerprint density at radius 2 is 2.27 bits per heavy atom. The van der Waals surface area contributed by atoms with Crippen molar-refractivity contribution in [3.05, 3.63) is 18.2 Å². The zero-order valence-electron chi connectivity index (χ0n) is 8.80. The Morgan fingerprint density at radius 3 is 2.80 bits per heavy atom. The zero-order chi connectivity index (χ0) is 11.3. The molecule has 1 aromatic heterocycles. The topological polar surface area (TPSA) is 25.4 Å². The lowest BCUT2D eigenvalue weighted by Crippen LogP contribution is -2.25. The van der Waals surface area contributed by atoms with Crippen LogP contribution in [0.3, 0.4) is 0 Å². The van der Waals surface area contributed by atoms with Gasteiger partial charge in [-0.05, 0) is 19.9 Å². The lowest BCUT2D eigenvalue weighted by Gasteiger charge is -2.19. The molecule has 1 aromatic rings. The van der Waals surface area contributed by atoms with Crippen molar-refractivity contribution in [3.8, 4) is 5.88 Å². The van der Waals surface area contributed by atoms with Gasteiger partial charge in [-0.3, -0.25) is 0 Å². The van der Waals surface area contributed by atoms with Crippen molar-refractivity contribution >= 4 is 35.0 Å². The van der Waals surface area contributed by atoms with E-state index in [2.05, 4.69) is 17.6 Å². The van der Waals surface area contributed by atoms with E-state index in [9.17, 15) is 0 Å². The molecule has 3 nitrogen and oxygen atoms in total. The van der Waals surface area contributed by atoms with Gasteiger partial charge in [0, 0.05) is 12.6 Å². The summed E-state index contributed by atoms with van der Waals surface area (Å²) in [5, 5.41) is 0. The summed E-state index contributed by atoms with van der Waals surface area (Å²) in [6, 6.07) is 5.60. The highest BCUT2D eigenvalue weighted by atomic mass is 32.1. The first-order valence-corrected chi connectivity index (χ1v) is 5.64. The number of hydrogen-bond donors (Lipinski definition) is 1. The fourth-order valence-electron chi connectivity index (χ4n) is 1.18. The van der Waals surface area contributed by atoms with E-state index in [0.29, 0.717) is 16.8 Å². The van der Waals surface area contributed by atoms with E-state index in [1.807, 2.05) is 36.9 Å². The van der Waals surface area contributed by atoms with Crippen molar-refractivity contribution in [2.75, 3.05) is 18.1 Å². The molecule has 0 saturated carbocycles. The first-order chi connectivity index (χ1) is 7.19. The van der Waals surface area contributed by atoms with Gasteiger partial charge in [-0.25, -0.2) is 0 Å². The number of anilines is 1. The van der Waals surface area contributed by atoms with Crippen molar-refractivity contribution in [1.82, 2.24) is 4.98 Å². The summed E-state index contributed by atoms with van der Waals surface area (Å²) in [5.74, 6) is 1.38. The first kappa shape index (κ1) is 12.3. The molecule has 0 amide bonds. The molecule has 1 rings (SSSR count). The molecule has 0 spiro atoms. The molecule has 1 heterocycles. The van der Waals surface area contributed by atoms with Crippen LogP contribution >= 0.6 is 24.8 Å². The van der Waals surface area contributed by atoms with E-state index in [-0.39, 0.29) is 0 Å². The van der Waals surface area contributed by atoms with Crippen molar-refractivity contribution in [1.29, 1.82) is 0 Å². The van der Waals surface area contributed by atoms with E-state index in [1.165, 1.54) is 0 Å². The van der Waals surface area contributed by atoms with Crippen molar-refractivity contribution in [2.24, 2.45) is 0 Å². The summed E-state index contributed by atoms with van der Waals surface area (Å²) in [6.07, 6.45) is 0. The monoisotopic (exact) mass is 242 g/mol. The van der Waals surface area contributed by atoms with Gasteiger partial charge in [0.1, 0.15) is 10.1 Å². The number of rotatable bonds is 4. The second-order valence-electron chi connectivity index (χ2n) is 2.79. The Morgan fingerprint density at radius 1 is 1.53 bits per heavy atom. The third kappa shape index (κ3) is 3.35. The second kappa shape index (κ2) is 5.92. The quantitative estimate of drug-likeness (QED) is 0.648. The van der Waals surface area contributed by atoms with Gasteiger partial charge in [0.25, 0.3) is 0 Å². The third-order valence-electron chi connectivity index (χ3n) is 1.82. The van der Waals surface area contributed by atoms with Gasteiger partial charge in [0.2, 0.25) is 5.88 Å². The van der Waals surface area contributed by atoms with Gasteiger partial charge in [-0.2, -0.15) is 4.98 Å². The number of hydrogen-bond acceptors (Lipinski definition) is 3. The van der Waals surface area contributed by atoms with Gasteiger partial charge in [-0.15, -0.1) is 12.6 Å². The van der Waals surface area contributed by atoms with Gasteiger partial charge in [0.05, 0.1) is 6.61 Å². The number of thiol groups is 1. The molecule has 0 aromatic carbocycles. The van der Waals surface area contributed by atoms with Crippen LogP contribution in [0.2, 0.25) is 0 Å². The van der Waals surface area contributed by atoms with Crippen LogP contribution in [0.25, 0.3) is 0 Å². The molecule has 0 aliphatic carbocycles. The fourth-order valence-corrected chi connectivity index (χ4v) is 1.64. The van der Waals surface area contributed by atoms with Crippen LogP contribution in [-0.2, 0) is 0 Å². The SMILES string of the molecule is CCOc1cccc(N(CC)C(=S)S)n1. The van der Waals surface area contributed by atoms with Gasteiger partial charge < -0.3 is 9.64 Å². The van der Waals surface area contributed by atoms with Crippen LogP contribution < -0.4 is 9.64 Å². The van der Waals surface area contributed by atoms with E-state index in [0.717, 1.165) is 12.4 Å². The van der Waals surface area contributed by atoms with Crippen LogP contribution in [0.5, 0.6) is 5.88 Å². The smallest absolute Gasteiger partial charge is 0.215 e. The Kier molecular flexibility index (Phi) is 4.84. The maximum absolute atomic E-state index is 5.31. The van der Waals surface area contributed by atoms with Crippen LogP contribution in [-0.4, -0.2) is 22.5 Å². The molecule has 0 saturated heterocycles. The van der Waals surface area contributed by atoms with Crippen LogP contribution in [0.1, 0.15) is 13.8 Å². The molecule has 0 atom stereocenters. The Bertz CT molecular complexity index is 344. The standard InChI is InChI=1S/C10H14N2OS2/c1-3-12(10(14)15)8-6-5-7-9(11-8)13-4-2/h5-7H,3-4H2,1-2H3,(H,14,15). The average molecular weight is 242 g/mol. The first-order valence-electron chi connectivity index (χ1n) is 4.79. The number of thiocarbonyl (C=S) groups is 1. The van der Waals surface area contributed by atoms with Crippen LogP contribution in [0.15, 0.2) is 18.2 Å². The van der Waals surface area contributed by atoms with Crippen molar-refractivity contribution in [3.63, 3.8) is 0 Å². The molecule has 5 heteroatoms. The largest absolute Gasteiger partial charge is 0.478 e. The van der Waals surface area contributed by atoms with E-state index in [4.69, 9.17) is 17.0 Å². The maximum atomic E-state index is 5.31. The molecule has 0 aliphatic heterocycles. The third-order valence-corrected chi connectivity index (χ3v) is 2.29. The molecule has 0 bridgehead atoms. The van der Waals surface area contributed by atoms with E-state index < -0.39 is 0 Å². The Labute approximate surface area is 101 Å². The van der Waals surface area contributed by atoms with Gasteiger partial charge in [0.15, 0.2) is 0 Å². The molecule has 0 fully saturated rings. The molecule has 0 radical (unpaired) electrons. The number of nitrogens with zero attached hydrogens (tertiary/aromatic N) is 2. The predicted molar refractivity (Wildman–Crippen MR) is 70.0 cm³/mol.